The topological polar surface area (TPSA) is 89.4 Å². The van der Waals surface area contributed by atoms with E-state index >= 15 is 0 Å². The lowest BCUT2D eigenvalue weighted by Gasteiger charge is -2.41. The number of nitrogens with one attached hydrogen (secondary N) is 1. The Morgan fingerprint density at radius 2 is 1.94 bits per heavy atom. The zero-order valence-electron chi connectivity index (χ0n) is 20.8. The van der Waals surface area contributed by atoms with Gasteiger partial charge in [-0.05, 0) is 31.9 Å². The van der Waals surface area contributed by atoms with Crippen LogP contribution in [0.4, 0.5) is 0 Å². The van der Waals surface area contributed by atoms with Crippen LogP contribution >= 0.6 is 0 Å². The van der Waals surface area contributed by atoms with E-state index in [-0.39, 0.29) is 30.0 Å². The van der Waals surface area contributed by atoms with Crippen molar-refractivity contribution >= 4 is 11.9 Å². The normalized spacial score (nSPS) is 29.4. The van der Waals surface area contributed by atoms with Gasteiger partial charge in [0.25, 0.3) is 0 Å². The summed E-state index contributed by atoms with van der Waals surface area (Å²) in [6.45, 7) is 12.2. The molecule has 182 valence electrons. The Kier molecular flexibility index (Phi) is 7.85. The second kappa shape index (κ2) is 10.3. The molecule has 7 nitrogen and oxygen atoms in total. The molecule has 5 atom stereocenters. The molecule has 0 fully saturated rings. The van der Waals surface area contributed by atoms with Gasteiger partial charge in [0.15, 0.2) is 11.4 Å². The lowest BCUT2D eigenvalue weighted by molar-refractivity contribution is -0.138. The van der Waals surface area contributed by atoms with Gasteiger partial charge in [0, 0.05) is 42.5 Å². The molecule has 7 heteroatoms. The molecule has 0 saturated heterocycles. The maximum atomic E-state index is 11.8. The minimum Gasteiger partial charge on any atom is -0.497 e. The highest BCUT2D eigenvalue weighted by Gasteiger charge is 2.50. The molecule has 0 saturated carbocycles. The van der Waals surface area contributed by atoms with Crippen molar-refractivity contribution < 1.29 is 24.1 Å². The van der Waals surface area contributed by atoms with Crippen LogP contribution in [0.3, 0.4) is 0 Å². The Labute approximate surface area is 197 Å². The van der Waals surface area contributed by atoms with Gasteiger partial charge < -0.3 is 24.6 Å². The summed E-state index contributed by atoms with van der Waals surface area (Å²) in [6, 6.07) is 4.18. The van der Waals surface area contributed by atoms with Crippen molar-refractivity contribution in [2.45, 2.75) is 84.1 Å². The van der Waals surface area contributed by atoms with Gasteiger partial charge in [0.1, 0.15) is 23.7 Å². The maximum Gasteiger partial charge on any atom is 0.340 e. The highest BCUT2D eigenvalue weighted by atomic mass is 16.6. The van der Waals surface area contributed by atoms with E-state index < -0.39 is 11.6 Å². The van der Waals surface area contributed by atoms with Gasteiger partial charge in [0.2, 0.25) is 0 Å². The third-order valence-corrected chi connectivity index (χ3v) is 6.43. The van der Waals surface area contributed by atoms with Crippen LogP contribution in [-0.4, -0.2) is 54.4 Å². The van der Waals surface area contributed by atoms with Crippen LogP contribution < -0.4 is 14.8 Å². The maximum absolute atomic E-state index is 11.8. The van der Waals surface area contributed by atoms with Gasteiger partial charge in [-0.1, -0.05) is 39.8 Å². The molecule has 1 aromatic carbocycles. The highest BCUT2D eigenvalue weighted by molar-refractivity contribution is 5.99. The molecule has 4 aliphatic rings. The molecule has 1 aromatic rings. The predicted molar refractivity (Wildman–Crippen MR) is 129 cm³/mol. The van der Waals surface area contributed by atoms with Crippen LogP contribution in [0.25, 0.3) is 0 Å². The van der Waals surface area contributed by atoms with Crippen LogP contribution in [0.1, 0.15) is 65.0 Å². The molecule has 5 rings (SSSR count). The summed E-state index contributed by atoms with van der Waals surface area (Å²) in [7, 11) is 1.65. The van der Waals surface area contributed by atoms with Gasteiger partial charge in [-0.2, -0.15) is 0 Å². The van der Waals surface area contributed by atoms with Crippen LogP contribution in [0.15, 0.2) is 29.3 Å². The van der Waals surface area contributed by atoms with Gasteiger partial charge in [0.05, 0.1) is 7.11 Å². The van der Waals surface area contributed by atoms with Crippen molar-refractivity contribution in [3.05, 3.63) is 35.4 Å². The second-order valence-electron chi connectivity index (χ2n) is 8.73. The number of cyclic esters (lactones) is 1. The minimum absolute atomic E-state index is 0.123. The summed E-state index contributed by atoms with van der Waals surface area (Å²) < 4.78 is 16.9. The largest absolute Gasteiger partial charge is 0.497 e. The van der Waals surface area contributed by atoms with E-state index in [1.807, 2.05) is 39.8 Å². The van der Waals surface area contributed by atoms with E-state index in [0.29, 0.717) is 18.9 Å². The van der Waals surface area contributed by atoms with Crippen molar-refractivity contribution in [1.29, 1.82) is 0 Å². The molecule has 5 unspecified atom stereocenters. The summed E-state index contributed by atoms with van der Waals surface area (Å²) in [5.74, 6) is 2.15. The number of carbonyl (C=O) groups excluding carboxylic acids is 1. The van der Waals surface area contributed by atoms with Crippen molar-refractivity contribution in [3.63, 3.8) is 0 Å². The summed E-state index contributed by atoms with van der Waals surface area (Å²) in [6.07, 6.45) is 4.48. The first-order valence-electron chi connectivity index (χ1n) is 12.2. The van der Waals surface area contributed by atoms with Crippen LogP contribution in [0.2, 0.25) is 0 Å². The van der Waals surface area contributed by atoms with Crippen LogP contribution in [0.5, 0.6) is 11.5 Å². The average molecular weight is 459 g/mol. The summed E-state index contributed by atoms with van der Waals surface area (Å²) in [5.41, 5.74) is 1.62. The lowest BCUT2D eigenvalue weighted by atomic mass is 9.67. The fourth-order valence-electron chi connectivity index (χ4n) is 5.02. The number of nitrogens with zero attached hydrogens (tertiary/aromatic N) is 1. The van der Waals surface area contributed by atoms with Gasteiger partial charge in [-0.25, -0.2) is 9.79 Å². The fourth-order valence-corrected chi connectivity index (χ4v) is 5.02. The molecule has 2 aliphatic carbocycles. The second-order valence-corrected chi connectivity index (χ2v) is 8.73. The molecular weight excluding hydrogens is 420 g/mol. The zero-order chi connectivity index (χ0) is 24.3. The summed E-state index contributed by atoms with van der Waals surface area (Å²) >= 11 is 0. The van der Waals surface area contributed by atoms with Crippen LogP contribution in [-0.2, 0) is 16.0 Å². The minimum atomic E-state index is -0.789. The molecule has 2 aliphatic heterocycles. The lowest BCUT2D eigenvalue weighted by Crippen LogP contribution is -2.49. The number of ether oxygens (including phenoxy) is 3. The molecule has 0 bridgehead atoms. The number of rotatable bonds is 5. The number of carbonyl (C=O) groups is 1. The summed E-state index contributed by atoms with van der Waals surface area (Å²) in [4.78, 5) is 16.2. The smallest absolute Gasteiger partial charge is 0.340 e. The number of methoxy groups -OCH3 is 1. The molecule has 0 amide bonds. The Morgan fingerprint density at radius 3 is 2.58 bits per heavy atom. The third kappa shape index (κ3) is 4.66. The highest BCUT2D eigenvalue weighted by Crippen LogP contribution is 2.53. The Hall–Kier alpha value is -2.38. The number of aliphatic imine (C=N–C) groups is 1. The number of esters is 1. The number of aliphatic hydroxyl groups is 1. The third-order valence-electron chi connectivity index (χ3n) is 6.43. The molecule has 2 N–H and O–H groups in total. The van der Waals surface area contributed by atoms with Gasteiger partial charge in [-0.15, -0.1) is 0 Å². The molecule has 0 aromatic heterocycles. The van der Waals surface area contributed by atoms with E-state index in [4.69, 9.17) is 14.2 Å². The van der Waals surface area contributed by atoms with E-state index in [9.17, 15) is 9.90 Å². The molecule has 33 heavy (non-hydrogen) atoms. The van der Waals surface area contributed by atoms with Crippen molar-refractivity contribution in [2.75, 3.05) is 13.7 Å². The SMILES string of the molecule is CC.CC.COc1cc2c3c(c1)OC1C(O)C=CC(C(NCCC4=NC(C)(C)C(=O)O4)C2)C31. The standard InChI is InChI=1S/C22H26N2O5.2C2H6/c1-22(2)21(26)29-17(24-22)6-7-23-14-9-11-8-12(27-3)10-16-18(11)19-13(14)4-5-15(25)20(19)28-16;2*1-2/h4-5,8,10,13-15,19-20,23,25H,6-7,9H2,1-3H3;2*1-2H3. The Morgan fingerprint density at radius 1 is 1.21 bits per heavy atom. The van der Waals surface area contributed by atoms with Crippen LogP contribution in [0, 0.1) is 5.92 Å². The van der Waals surface area contributed by atoms with E-state index in [1.54, 1.807) is 21.0 Å². The first-order valence-corrected chi connectivity index (χ1v) is 12.2. The quantitative estimate of drug-likeness (QED) is 0.516. The van der Waals surface area contributed by atoms with Gasteiger partial charge >= 0.3 is 5.97 Å². The fraction of sp³-hybridized carbons (Fsp3) is 0.615. The predicted octanol–water partition coefficient (Wildman–Crippen LogP) is 3.78. The number of aliphatic hydroxyl groups excluding tert-OH is 1. The summed E-state index contributed by atoms with van der Waals surface area (Å²) in [5, 5.41) is 14.1. The van der Waals surface area contributed by atoms with Crippen molar-refractivity contribution in [3.8, 4) is 11.5 Å². The molecular formula is C26H38N2O5. The number of hydrogen-bond donors (Lipinski definition) is 2. The van der Waals surface area contributed by atoms with E-state index in [0.717, 1.165) is 17.9 Å². The van der Waals surface area contributed by atoms with E-state index in [1.165, 1.54) is 11.1 Å². The van der Waals surface area contributed by atoms with Crippen molar-refractivity contribution in [1.82, 2.24) is 5.32 Å². The van der Waals surface area contributed by atoms with Gasteiger partial charge in [-0.3, -0.25) is 0 Å². The number of hydrogen-bond acceptors (Lipinski definition) is 7. The first kappa shape index (κ1) is 25.2. The molecule has 0 radical (unpaired) electrons. The molecule has 0 spiro atoms. The Bertz CT molecular complexity index is 924. The monoisotopic (exact) mass is 458 g/mol. The number of benzene rings is 1. The first-order chi connectivity index (χ1) is 15.9. The van der Waals surface area contributed by atoms with E-state index in [2.05, 4.69) is 22.5 Å². The molecule has 2 heterocycles. The average Bonchev–Trinajstić information content (AvgIpc) is 3.33. The zero-order valence-corrected chi connectivity index (χ0v) is 20.8. The Balaban J connectivity index is 0.000000728. The van der Waals surface area contributed by atoms with Crippen molar-refractivity contribution in [2.24, 2.45) is 10.9 Å².